The normalized spacial score (nSPS) is 11.9. The molecule has 3 aromatic carbocycles. The Labute approximate surface area is 226 Å². The van der Waals surface area contributed by atoms with E-state index < -0.39 is 6.04 Å². The van der Waals surface area contributed by atoms with Gasteiger partial charge >= 0.3 is 0 Å². The van der Waals surface area contributed by atoms with Crippen molar-refractivity contribution in [3.8, 4) is 22.6 Å². The first-order chi connectivity index (χ1) is 17.9. The lowest BCUT2D eigenvalue weighted by Gasteiger charge is -2.15. The van der Waals surface area contributed by atoms with Crippen molar-refractivity contribution >= 4 is 49.1 Å². The lowest BCUT2D eigenvalue weighted by atomic mass is 10.0. The number of ether oxygens (including phenoxy) is 1. The molecule has 0 radical (unpaired) electrons. The SMILES string of the molecule is CCc1sc2ncn(C(C)C(=O)Nc3ccc(Oc4ccccc4)cc3)c(=O)c2c1-c1ccc(Br)cc1. The molecule has 0 saturated carbocycles. The molecule has 2 heterocycles. The zero-order valence-electron chi connectivity index (χ0n) is 20.3. The van der Waals surface area contributed by atoms with Crippen molar-refractivity contribution in [1.29, 1.82) is 0 Å². The van der Waals surface area contributed by atoms with Crippen LogP contribution in [0.25, 0.3) is 21.3 Å². The number of halogens is 1. The van der Waals surface area contributed by atoms with Crippen LogP contribution < -0.4 is 15.6 Å². The second-order valence-corrected chi connectivity index (χ2v) is 10.5. The number of nitrogens with one attached hydrogen (secondary N) is 1. The molecule has 6 nitrogen and oxygen atoms in total. The molecular weight excluding hydrogens is 550 g/mol. The minimum atomic E-state index is -0.757. The predicted octanol–water partition coefficient (Wildman–Crippen LogP) is 7.44. The summed E-state index contributed by atoms with van der Waals surface area (Å²) in [6, 6.07) is 23.7. The Bertz CT molecular complexity index is 1610. The van der Waals surface area contributed by atoms with E-state index in [2.05, 4.69) is 33.2 Å². The number of amides is 1. The van der Waals surface area contributed by atoms with Gasteiger partial charge in [-0.3, -0.25) is 14.2 Å². The Morgan fingerprint density at radius 1 is 1.03 bits per heavy atom. The molecule has 1 unspecified atom stereocenters. The molecule has 1 amide bonds. The van der Waals surface area contributed by atoms with E-state index in [0.29, 0.717) is 21.7 Å². The average Bonchev–Trinajstić information content (AvgIpc) is 3.30. The third-order valence-electron chi connectivity index (χ3n) is 6.06. The highest BCUT2D eigenvalue weighted by Gasteiger charge is 2.22. The molecule has 37 heavy (non-hydrogen) atoms. The van der Waals surface area contributed by atoms with Gasteiger partial charge in [0.25, 0.3) is 5.56 Å². The predicted molar refractivity (Wildman–Crippen MR) is 153 cm³/mol. The highest BCUT2D eigenvalue weighted by Crippen LogP contribution is 2.37. The first-order valence-electron chi connectivity index (χ1n) is 11.9. The number of carbonyl (C=O) groups is 1. The van der Waals surface area contributed by atoms with Crippen LogP contribution in [0.2, 0.25) is 0 Å². The summed E-state index contributed by atoms with van der Waals surface area (Å²) in [7, 11) is 0. The van der Waals surface area contributed by atoms with Crippen molar-refractivity contribution in [2.45, 2.75) is 26.3 Å². The summed E-state index contributed by atoms with van der Waals surface area (Å²) in [5, 5.41) is 3.44. The van der Waals surface area contributed by atoms with E-state index in [1.165, 1.54) is 22.2 Å². The fourth-order valence-corrected chi connectivity index (χ4v) is 5.46. The Morgan fingerprint density at radius 2 is 1.70 bits per heavy atom. The van der Waals surface area contributed by atoms with Crippen LogP contribution in [0.5, 0.6) is 11.5 Å². The molecule has 0 aliphatic heterocycles. The molecule has 8 heteroatoms. The van der Waals surface area contributed by atoms with Gasteiger partial charge in [-0.25, -0.2) is 4.98 Å². The third kappa shape index (κ3) is 5.21. The quantitative estimate of drug-likeness (QED) is 0.219. The first-order valence-corrected chi connectivity index (χ1v) is 13.5. The second kappa shape index (κ2) is 10.7. The molecule has 0 aliphatic carbocycles. The van der Waals surface area contributed by atoms with Gasteiger partial charge in [-0.15, -0.1) is 11.3 Å². The largest absolute Gasteiger partial charge is 0.457 e. The van der Waals surface area contributed by atoms with Crippen LogP contribution in [0, 0.1) is 0 Å². The standard InChI is InChI=1S/C29H24BrN3O3S/c1-3-24-25(19-9-11-20(30)12-10-19)26-28(37-24)31-17-33(29(26)35)18(2)27(34)32-21-13-15-23(16-14-21)36-22-7-5-4-6-8-22/h4-18H,3H2,1-2H3,(H,32,34). The lowest BCUT2D eigenvalue weighted by molar-refractivity contribution is -0.118. The van der Waals surface area contributed by atoms with Crippen LogP contribution in [0.3, 0.4) is 0 Å². The van der Waals surface area contributed by atoms with Crippen LogP contribution in [0.4, 0.5) is 5.69 Å². The maximum Gasteiger partial charge on any atom is 0.263 e. The van der Waals surface area contributed by atoms with E-state index in [4.69, 9.17) is 4.74 Å². The van der Waals surface area contributed by atoms with E-state index >= 15 is 0 Å². The fraction of sp³-hybridized carbons (Fsp3) is 0.138. The van der Waals surface area contributed by atoms with Crippen molar-refractivity contribution in [2.24, 2.45) is 0 Å². The second-order valence-electron chi connectivity index (χ2n) is 8.50. The molecule has 0 aliphatic rings. The monoisotopic (exact) mass is 573 g/mol. The molecule has 0 bridgehead atoms. The van der Waals surface area contributed by atoms with E-state index in [0.717, 1.165) is 32.6 Å². The molecule has 5 rings (SSSR count). The van der Waals surface area contributed by atoms with E-state index in [1.807, 2.05) is 54.6 Å². The average molecular weight is 575 g/mol. The number of carbonyl (C=O) groups excluding carboxylic acids is 1. The highest BCUT2D eigenvalue weighted by molar-refractivity contribution is 9.10. The highest BCUT2D eigenvalue weighted by atomic mass is 79.9. The summed E-state index contributed by atoms with van der Waals surface area (Å²) >= 11 is 5.00. The number of nitrogens with zero attached hydrogens (tertiary/aromatic N) is 2. The molecule has 0 saturated heterocycles. The molecule has 2 aromatic heterocycles. The van der Waals surface area contributed by atoms with Gasteiger partial charge in [0.1, 0.15) is 22.4 Å². The van der Waals surface area contributed by atoms with Crippen LogP contribution in [-0.4, -0.2) is 15.5 Å². The number of hydrogen-bond acceptors (Lipinski definition) is 5. The molecule has 186 valence electrons. The van der Waals surface area contributed by atoms with Gasteiger partial charge in [0.15, 0.2) is 0 Å². The number of rotatable bonds is 7. The van der Waals surface area contributed by atoms with Crippen molar-refractivity contribution in [1.82, 2.24) is 9.55 Å². The van der Waals surface area contributed by atoms with Crippen LogP contribution in [0.15, 0.2) is 94.5 Å². The molecule has 0 fully saturated rings. The zero-order chi connectivity index (χ0) is 25.9. The Balaban J connectivity index is 1.40. The van der Waals surface area contributed by atoms with Gasteiger partial charge in [-0.1, -0.05) is 53.2 Å². The summed E-state index contributed by atoms with van der Waals surface area (Å²) in [5.74, 6) is 1.08. The molecule has 0 spiro atoms. The molecule has 1 atom stereocenters. The molecule has 1 N–H and O–H groups in total. The fourth-order valence-electron chi connectivity index (χ4n) is 4.10. The minimum absolute atomic E-state index is 0.229. The van der Waals surface area contributed by atoms with Crippen molar-refractivity contribution in [3.63, 3.8) is 0 Å². The van der Waals surface area contributed by atoms with Crippen molar-refractivity contribution in [2.75, 3.05) is 5.32 Å². The molecular formula is C29H24BrN3O3S. The number of para-hydroxylation sites is 1. The van der Waals surface area contributed by atoms with Crippen LogP contribution >= 0.6 is 27.3 Å². The number of benzene rings is 3. The van der Waals surface area contributed by atoms with Gasteiger partial charge in [-0.2, -0.15) is 0 Å². The smallest absolute Gasteiger partial charge is 0.263 e. The maximum atomic E-state index is 13.7. The topological polar surface area (TPSA) is 73.2 Å². The van der Waals surface area contributed by atoms with Gasteiger partial charge < -0.3 is 10.1 Å². The first kappa shape index (κ1) is 24.9. The van der Waals surface area contributed by atoms with Crippen molar-refractivity contribution in [3.05, 3.63) is 105 Å². The van der Waals surface area contributed by atoms with E-state index in [1.54, 1.807) is 31.2 Å². The van der Waals surface area contributed by atoms with Gasteiger partial charge in [0.05, 0.1) is 11.7 Å². The maximum absolute atomic E-state index is 13.7. The summed E-state index contributed by atoms with van der Waals surface area (Å²) < 4.78 is 8.18. The van der Waals surface area contributed by atoms with Gasteiger partial charge in [-0.05, 0) is 67.4 Å². The summed E-state index contributed by atoms with van der Waals surface area (Å²) in [6.07, 6.45) is 2.25. The van der Waals surface area contributed by atoms with E-state index in [-0.39, 0.29) is 11.5 Å². The summed E-state index contributed by atoms with van der Waals surface area (Å²) in [4.78, 5) is 33.1. The number of anilines is 1. The minimum Gasteiger partial charge on any atom is -0.457 e. The summed E-state index contributed by atoms with van der Waals surface area (Å²) in [5.41, 5.74) is 2.23. The number of fused-ring (bicyclic) bond motifs is 1. The number of aryl methyl sites for hydroxylation is 1. The Morgan fingerprint density at radius 3 is 2.38 bits per heavy atom. The van der Waals surface area contributed by atoms with E-state index in [9.17, 15) is 9.59 Å². The lowest BCUT2D eigenvalue weighted by Crippen LogP contribution is -2.31. The zero-order valence-corrected chi connectivity index (χ0v) is 22.7. The molecule has 5 aromatic rings. The van der Waals surface area contributed by atoms with Crippen LogP contribution in [0.1, 0.15) is 24.8 Å². The third-order valence-corrected chi connectivity index (χ3v) is 7.83. The Kier molecular flexibility index (Phi) is 7.21. The number of thiophene rings is 1. The van der Waals surface area contributed by atoms with Crippen molar-refractivity contribution < 1.29 is 9.53 Å². The van der Waals surface area contributed by atoms with Gasteiger partial charge in [0, 0.05) is 20.6 Å². The Hall–Kier alpha value is -3.75. The number of hydrogen-bond donors (Lipinski definition) is 1. The van der Waals surface area contributed by atoms with Gasteiger partial charge in [0.2, 0.25) is 5.91 Å². The number of aromatic nitrogens is 2. The van der Waals surface area contributed by atoms with Crippen LogP contribution in [-0.2, 0) is 11.2 Å². The summed E-state index contributed by atoms with van der Waals surface area (Å²) in [6.45, 7) is 3.77.